The first-order valence-corrected chi connectivity index (χ1v) is 8.71. The molecule has 0 spiro atoms. The van der Waals surface area contributed by atoms with E-state index in [1.807, 2.05) is 13.8 Å². The second kappa shape index (κ2) is 6.45. The van der Waals surface area contributed by atoms with Crippen LogP contribution in [0.25, 0.3) is 0 Å². The lowest BCUT2D eigenvalue weighted by Crippen LogP contribution is -2.42. The van der Waals surface area contributed by atoms with Gasteiger partial charge in [0.15, 0.2) is 11.6 Å². The smallest absolute Gasteiger partial charge is 0.339 e. The van der Waals surface area contributed by atoms with Crippen LogP contribution >= 0.6 is 0 Å². The number of rotatable bonds is 4. The number of benzene rings is 1. The van der Waals surface area contributed by atoms with Crippen LogP contribution < -0.4 is 4.74 Å². The third-order valence-corrected chi connectivity index (χ3v) is 5.73. The maximum absolute atomic E-state index is 14.1. The van der Waals surface area contributed by atoms with E-state index in [0.717, 1.165) is 25.7 Å². The molecule has 1 aliphatic rings. The molecule has 0 aliphatic carbocycles. The third kappa shape index (κ3) is 3.48. The van der Waals surface area contributed by atoms with Gasteiger partial charge < -0.3 is 9.84 Å². The van der Waals surface area contributed by atoms with Gasteiger partial charge in [0.1, 0.15) is 5.56 Å². The highest BCUT2D eigenvalue weighted by Crippen LogP contribution is 2.31. The fourth-order valence-corrected chi connectivity index (χ4v) is 4.75. The molecule has 1 aromatic rings. The minimum absolute atomic E-state index is 0.190. The Balaban J connectivity index is 2.50. The quantitative estimate of drug-likeness (QED) is 0.904. The Bertz CT molecular complexity index is 709. The number of carbonyl (C=O) groups is 1. The highest BCUT2D eigenvalue weighted by Gasteiger charge is 2.33. The van der Waals surface area contributed by atoms with E-state index in [4.69, 9.17) is 9.84 Å². The summed E-state index contributed by atoms with van der Waals surface area (Å²) in [5.41, 5.74) is -0.510. The summed E-state index contributed by atoms with van der Waals surface area (Å²) in [6, 6.07) is 1.76. The summed E-state index contributed by atoms with van der Waals surface area (Å²) in [5.74, 6) is -2.55. The highest BCUT2D eigenvalue weighted by molar-refractivity contribution is 7.89. The van der Waals surface area contributed by atoms with Crippen LogP contribution in [0.4, 0.5) is 4.39 Å². The summed E-state index contributed by atoms with van der Waals surface area (Å²) in [6.07, 6.45) is 0.920. The molecular formula is C15H20FNO5S. The molecule has 0 radical (unpaired) electrons. The van der Waals surface area contributed by atoms with Crippen molar-refractivity contribution in [2.75, 3.05) is 20.2 Å². The Morgan fingerprint density at radius 2 is 1.87 bits per heavy atom. The first kappa shape index (κ1) is 17.7. The fraction of sp³-hybridized carbons (Fsp3) is 0.533. The van der Waals surface area contributed by atoms with E-state index in [1.54, 1.807) is 0 Å². The molecule has 1 fully saturated rings. The fourth-order valence-electron chi connectivity index (χ4n) is 3.03. The summed E-state index contributed by atoms with van der Waals surface area (Å²) in [7, 11) is -2.82. The van der Waals surface area contributed by atoms with E-state index < -0.39 is 33.1 Å². The molecule has 0 saturated carbocycles. The number of piperidine rings is 1. The van der Waals surface area contributed by atoms with E-state index in [1.165, 1.54) is 4.31 Å². The van der Waals surface area contributed by atoms with Crippen molar-refractivity contribution < 1.29 is 27.4 Å². The number of halogens is 1. The first-order valence-electron chi connectivity index (χ1n) is 7.27. The van der Waals surface area contributed by atoms with Gasteiger partial charge in [0, 0.05) is 13.1 Å². The molecule has 6 nitrogen and oxygen atoms in total. The molecule has 1 aliphatic heterocycles. The monoisotopic (exact) mass is 345 g/mol. The topological polar surface area (TPSA) is 83.9 Å². The summed E-state index contributed by atoms with van der Waals surface area (Å²) >= 11 is 0. The molecule has 0 bridgehead atoms. The van der Waals surface area contributed by atoms with Crippen molar-refractivity contribution in [3.8, 4) is 5.75 Å². The van der Waals surface area contributed by atoms with Crippen LogP contribution in [0.15, 0.2) is 17.0 Å². The number of hydrogen-bond acceptors (Lipinski definition) is 4. The van der Waals surface area contributed by atoms with Crippen LogP contribution in [0.2, 0.25) is 0 Å². The summed E-state index contributed by atoms with van der Waals surface area (Å²) < 4.78 is 45.5. The zero-order valence-corrected chi connectivity index (χ0v) is 14.1. The Labute approximate surface area is 134 Å². The number of carboxylic acids is 1. The lowest BCUT2D eigenvalue weighted by molar-refractivity contribution is 0.0692. The molecule has 1 saturated heterocycles. The molecule has 1 heterocycles. The number of hydrogen-bond donors (Lipinski definition) is 1. The van der Waals surface area contributed by atoms with Crippen molar-refractivity contribution in [2.24, 2.45) is 11.8 Å². The SMILES string of the molecule is COc1c(F)cc(S(=O)(=O)N2CC(C)CC(C)C2)cc1C(=O)O. The minimum Gasteiger partial charge on any atom is -0.493 e. The molecular weight excluding hydrogens is 325 g/mol. The van der Waals surface area contributed by atoms with Gasteiger partial charge in [-0.05, 0) is 30.4 Å². The van der Waals surface area contributed by atoms with Crippen LogP contribution in [0, 0.1) is 17.7 Å². The maximum Gasteiger partial charge on any atom is 0.339 e. The molecule has 2 atom stereocenters. The van der Waals surface area contributed by atoms with E-state index in [-0.39, 0.29) is 16.7 Å². The zero-order chi connectivity index (χ0) is 17.4. The summed E-state index contributed by atoms with van der Waals surface area (Å²) in [5, 5.41) is 9.15. The predicted octanol–water partition coefficient (Wildman–Crippen LogP) is 2.20. The Morgan fingerprint density at radius 3 is 2.35 bits per heavy atom. The average molecular weight is 345 g/mol. The molecule has 23 heavy (non-hydrogen) atoms. The van der Waals surface area contributed by atoms with Crippen LogP contribution in [0.3, 0.4) is 0 Å². The zero-order valence-electron chi connectivity index (χ0n) is 13.2. The van der Waals surface area contributed by atoms with Crippen molar-refractivity contribution in [3.05, 3.63) is 23.5 Å². The van der Waals surface area contributed by atoms with Gasteiger partial charge in [-0.15, -0.1) is 0 Å². The maximum atomic E-state index is 14.1. The van der Waals surface area contributed by atoms with Gasteiger partial charge in [-0.2, -0.15) is 4.31 Å². The van der Waals surface area contributed by atoms with Crippen molar-refractivity contribution in [3.63, 3.8) is 0 Å². The normalized spacial score (nSPS) is 22.8. The predicted molar refractivity (Wildman–Crippen MR) is 81.6 cm³/mol. The Hall–Kier alpha value is -1.67. The highest BCUT2D eigenvalue weighted by atomic mass is 32.2. The number of methoxy groups -OCH3 is 1. The lowest BCUT2D eigenvalue weighted by Gasteiger charge is -2.34. The molecule has 1 N–H and O–H groups in total. The van der Waals surface area contributed by atoms with E-state index in [0.29, 0.717) is 13.1 Å². The van der Waals surface area contributed by atoms with Crippen molar-refractivity contribution in [2.45, 2.75) is 25.2 Å². The minimum atomic E-state index is -3.96. The van der Waals surface area contributed by atoms with Gasteiger partial charge in [-0.3, -0.25) is 0 Å². The third-order valence-electron chi connectivity index (χ3n) is 3.92. The molecule has 1 aromatic carbocycles. The number of ether oxygens (including phenoxy) is 1. The first-order chi connectivity index (χ1) is 10.7. The van der Waals surface area contributed by atoms with Crippen LogP contribution in [0.1, 0.15) is 30.6 Å². The molecule has 0 amide bonds. The van der Waals surface area contributed by atoms with Gasteiger partial charge in [-0.25, -0.2) is 17.6 Å². The Morgan fingerprint density at radius 1 is 1.30 bits per heavy atom. The second-order valence-corrected chi connectivity index (χ2v) is 8.00. The molecule has 8 heteroatoms. The van der Waals surface area contributed by atoms with Gasteiger partial charge in [0.25, 0.3) is 0 Å². The van der Waals surface area contributed by atoms with Gasteiger partial charge in [-0.1, -0.05) is 13.8 Å². The van der Waals surface area contributed by atoms with Crippen LogP contribution in [0.5, 0.6) is 5.75 Å². The summed E-state index contributed by atoms with van der Waals surface area (Å²) in [6.45, 7) is 4.58. The van der Waals surface area contributed by atoms with E-state index >= 15 is 0 Å². The van der Waals surface area contributed by atoms with Crippen molar-refractivity contribution >= 4 is 16.0 Å². The molecule has 0 aromatic heterocycles. The number of carboxylic acid groups (broad SMARTS) is 1. The Kier molecular flexibility index (Phi) is 4.95. The standard InChI is InChI=1S/C15H20FNO5S/c1-9-4-10(2)8-17(7-9)23(20,21)11-5-12(15(18)19)14(22-3)13(16)6-11/h5-6,9-10H,4,7-8H2,1-3H3,(H,18,19). The van der Waals surface area contributed by atoms with Crippen molar-refractivity contribution in [1.82, 2.24) is 4.31 Å². The molecule has 2 unspecified atom stereocenters. The van der Waals surface area contributed by atoms with Crippen LogP contribution in [-0.4, -0.2) is 44.0 Å². The lowest BCUT2D eigenvalue weighted by atomic mass is 9.94. The number of nitrogens with zero attached hydrogens (tertiary/aromatic N) is 1. The van der Waals surface area contributed by atoms with E-state index in [2.05, 4.69) is 0 Å². The van der Waals surface area contributed by atoms with Crippen molar-refractivity contribution in [1.29, 1.82) is 0 Å². The molecule has 2 rings (SSSR count). The summed E-state index contributed by atoms with van der Waals surface area (Å²) in [4.78, 5) is 10.9. The largest absolute Gasteiger partial charge is 0.493 e. The van der Waals surface area contributed by atoms with Gasteiger partial charge in [0.05, 0.1) is 12.0 Å². The van der Waals surface area contributed by atoms with Gasteiger partial charge >= 0.3 is 5.97 Å². The van der Waals surface area contributed by atoms with Gasteiger partial charge in [0.2, 0.25) is 10.0 Å². The second-order valence-electron chi connectivity index (χ2n) is 6.06. The number of aromatic carboxylic acids is 1. The average Bonchev–Trinajstić information content (AvgIpc) is 2.45. The van der Waals surface area contributed by atoms with Crippen LogP contribution in [-0.2, 0) is 10.0 Å². The molecule has 128 valence electrons. The number of sulfonamides is 1. The van der Waals surface area contributed by atoms with E-state index in [9.17, 15) is 17.6 Å².